The molecule has 0 aliphatic carbocycles. The van der Waals surface area contributed by atoms with Gasteiger partial charge in [-0.15, -0.1) is 11.3 Å². The molecule has 0 spiro atoms. The second kappa shape index (κ2) is 5.79. The third-order valence-electron chi connectivity index (χ3n) is 2.49. The van der Waals surface area contributed by atoms with Crippen molar-refractivity contribution in [2.75, 3.05) is 6.54 Å². The molecule has 1 heterocycles. The smallest absolute Gasteiger partial charge is 0.250 e. The van der Waals surface area contributed by atoms with Crippen molar-refractivity contribution < 1.29 is 17.9 Å². The van der Waals surface area contributed by atoms with Crippen molar-refractivity contribution in [3.05, 3.63) is 53.2 Å². The molecular formula is C12H12FNO3S2. The van der Waals surface area contributed by atoms with E-state index in [-0.39, 0.29) is 16.3 Å². The van der Waals surface area contributed by atoms with Crippen LogP contribution in [0.2, 0.25) is 0 Å². The van der Waals surface area contributed by atoms with Gasteiger partial charge in [0, 0.05) is 12.1 Å². The maximum atomic E-state index is 13.4. The Balaban J connectivity index is 2.06. The van der Waals surface area contributed by atoms with Crippen LogP contribution in [0.25, 0.3) is 0 Å². The zero-order chi connectivity index (χ0) is 13.9. The third kappa shape index (κ3) is 3.38. The van der Waals surface area contributed by atoms with Gasteiger partial charge in [-0.25, -0.2) is 17.5 Å². The number of hydrogen-bond donors (Lipinski definition) is 2. The van der Waals surface area contributed by atoms with Gasteiger partial charge >= 0.3 is 0 Å². The maximum Gasteiger partial charge on any atom is 0.250 e. The molecular weight excluding hydrogens is 289 g/mol. The van der Waals surface area contributed by atoms with Gasteiger partial charge in [0.1, 0.15) is 10.0 Å². The van der Waals surface area contributed by atoms with Crippen LogP contribution in [-0.4, -0.2) is 20.1 Å². The first-order chi connectivity index (χ1) is 9.00. The molecule has 19 heavy (non-hydrogen) atoms. The molecule has 0 radical (unpaired) electrons. The van der Waals surface area contributed by atoms with Gasteiger partial charge in [-0.3, -0.25) is 0 Å². The van der Waals surface area contributed by atoms with Crippen LogP contribution < -0.4 is 4.72 Å². The van der Waals surface area contributed by atoms with Gasteiger partial charge in [-0.1, -0.05) is 24.3 Å². The molecule has 0 amide bonds. The number of aliphatic hydroxyl groups is 1. The van der Waals surface area contributed by atoms with Crippen molar-refractivity contribution >= 4 is 21.4 Å². The van der Waals surface area contributed by atoms with Crippen LogP contribution in [0, 0.1) is 5.82 Å². The van der Waals surface area contributed by atoms with Gasteiger partial charge < -0.3 is 5.11 Å². The molecule has 1 aromatic heterocycles. The fraction of sp³-hybridized carbons (Fsp3) is 0.167. The summed E-state index contributed by atoms with van der Waals surface area (Å²) in [5.41, 5.74) is 0.0661. The highest BCUT2D eigenvalue weighted by Gasteiger charge is 2.18. The van der Waals surface area contributed by atoms with Crippen molar-refractivity contribution in [3.63, 3.8) is 0 Å². The molecule has 0 saturated heterocycles. The minimum Gasteiger partial charge on any atom is -0.387 e. The molecule has 102 valence electrons. The first-order valence-electron chi connectivity index (χ1n) is 5.46. The number of sulfonamides is 1. The topological polar surface area (TPSA) is 66.4 Å². The van der Waals surface area contributed by atoms with Gasteiger partial charge in [0.25, 0.3) is 0 Å². The molecule has 2 aromatic rings. The van der Waals surface area contributed by atoms with Crippen molar-refractivity contribution in [2.45, 2.75) is 10.3 Å². The Hall–Kier alpha value is -1.28. The number of nitrogens with one attached hydrogen (secondary N) is 1. The van der Waals surface area contributed by atoms with E-state index in [0.717, 1.165) is 11.3 Å². The van der Waals surface area contributed by atoms with Crippen molar-refractivity contribution in [1.29, 1.82) is 0 Å². The normalized spacial score (nSPS) is 13.4. The van der Waals surface area contributed by atoms with E-state index in [1.165, 1.54) is 24.3 Å². The number of rotatable bonds is 5. The number of aliphatic hydroxyl groups excluding tert-OH is 1. The number of halogens is 1. The van der Waals surface area contributed by atoms with E-state index < -0.39 is 21.9 Å². The van der Waals surface area contributed by atoms with E-state index in [9.17, 15) is 17.9 Å². The quantitative estimate of drug-likeness (QED) is 0.886. The summed E-state index contributed by atoms with van der Waals surface area (Å²) in [5, 5.41) is 11.4. The van der Waals surface area contributed by atoms with Crippen LogP contribution in [0.4, 0.5) is 4.39 Å². The number of thiophene rings is 1. The van der Waals surface area contributed by atoms with Crippen LogP contribution in [0.15, 0.2) is 46.0 Å². The molecule has 0 bridgehead atoms. The Morgan fingerprint density at radius 2 is 2.00 bits per heavy atom. The van der Waals surface area contributed by atoms with Gasteiger partial charge in [-0.2, -0.15) is 0 Å². The molecule has 1 atom stereocenters. The average Bonchev–Trinajstić information content (AvgIpc) is 2.91. The Kier molecular flexibility index (Phi) is 4.31. The largest absolute Gasteiger partial charge is 0.387 e. The van der Waals surface area contributed by atoms with E-state index in [1.54, 1.807) is 17.5 Å². The summed E-state index contributed by atoms with van der Waals surface area (Å²) in [7, 11) is -3.65. The zero-order valence-corrected chi connectivity index (χ0v) is 11.4. The van der Waals surface area contributed by atoms with Crippen LogP contribution >= 0.6 is 11.3 Å². The second-order valence-corrected chi connectivity index (χ2v) is 6.76. The lowest BCUT2D eigenvalue weighted by molar-refractivity contribution is 0.177. The minimum atomic E-state index is -3.65. The fourth-order valence-corrected chi connectivity index (χ4v) is 3.61. The predicted molar refractivity (Wildman–Crippen MR) is 70.9 cm³/mol. The lowest BCUT2D eigenvalue weighted by Crippen LogP contribution is -2.28. The summed E-state index contributed by atoms with van der Waals surface area (Å²) in [6.07, 6.45) is -1.23. The molecule has 7 heteroatoms. The molecule has 1 aromatic carbocycles. The Labute approximate surface area is 114 Å². The Morgan fingerprint density at radius 1 is 1.26 bits per heavy atom. The molecule has 4 nitrogen and oxygen atoms in total. The van der Waals surface area contributed by atoms with Gasteiger partial charge in [0.2, 0.25) is 10.0 Å². The third-order valence-corrected chi connectivity index (χ3v) is 5.31. The van der Waals surface area contributed by atoms with E-state index in [4.69, 9.17) is 0 Å². The molecule has 0 aliphatic heterocycles. The lowest BCUT2D eigenvalue weighted by Gasteiger charge is -2.12. The van der Waals surface area contributed by atoms with Crippen LogP contribution in [0.5, 0.6) is 0 Å². The van der Waals surface area contributed by atoms with Crippen molar-refractivity contribution in [2.24, 2.45) is 0 Å². The van der Waals surface area contributed by atoms with Crippen LogP contribution in [0.1, 0.15) is 11.7 Å². The first kappa shape index (κ1) is 14.1. The van der Waals surface area contributed by atoms with Crippen LogP contribution in [-0.2, 0) is 10.0 Å². The van der Waals surface area contributed by atoms with Gasteiger partial charge in [0.05, 0.1) is 6.10 Å². The predicted octanol–water partition coefficient (Wildman–Crippen LogP) is 1.90. The standard InChI is InChI=1S/C12H12FNO3S2/c13-10-5-2-1-4-9(10)11(15)8-14-19(16,17)12-6-3-7-18-12/h1-7,11,14-15H,8H2. The molecule has 1 unspecified atom stereocenters. The first-order valence-corrected chi connectivity index (χ1v) is 7.82. The molecule has 2 rings (SSSR count). The number of hydrogen-bond acceptors (Lipinski definition) is 4. The highest BCUT2D eigenvalue weighted by Crippen LogP contribution is 2.18. The summed E-state index contributed by atoms with van der Waals surface area (Å²) in [5.74, 6) is -0.565. The van der Waals surface area contributed by atoms with Crippen molar-refractivity contribution in [3.8, 4) is 0 Å². The summed E-state index contributed by atoms with van der Waals surface area (Å²) in [6.45, 7) is -0.277. The van der Waals surface area contributed by atoms with Crippen molar-refractivity contribution in [1.82, 2.24) is 4.72 Å². The van der Waals surface area contributed by atoms with E-state index in [0.29, 0.717) is 0 Å². The minimum absolute atomic E-state index is 0.0661. The average molecular weight is 301 g/mol. The van der Waals surface area contributed by atoms with E-state index in [2.05, 4.69) is 4.72 Å². The van der Waals surface area contributed by atoms with Gasteiger partial charge in [-0.05, 0) is 17.5 Å². The zero-order valence-electron chi connectivity index (χ0n) is 9.78. The molecule has 0 aliphatic rings. The van der Waals surface area contributed by atoms with E-state index in [1.807, 2.05) is 0 Å². The Morgan fingerprint density at radius 3 is 2.63 bits per heavy atom. The fourth-order valence-electron chi connectivity index (χ4n) is 1.53. The SMILES string of the molecule is O=S(=O)(NCC(O)c1ccccc1F)c1cccs1. The summed E-state index contributed by atoms with van der Waals surface area (Å²) in [4.78, 5) is 0. The second-order valence-electron chi connectivity index (χ2n) is 3.82. The summed E-state index contributed by atoms with van der Waals surface area (Å²) < 4.78 is 39.4. The molecule has 0 saturated carbocycles. The Bertz CT molecular complexity index is 641. The van der Waals surface area contributed by atoms with Gasteiger partial charge in [0.15, 0.2) is 0 Å². The summed E-state index contributed by atoms with van der Waals surface area (Å²) >= 11 is 1.07. The van der Waals surface area contributed by atoms with E-state index >= 15 is 0 Å². The summed E-state index contributed by atoms with van der Waals surface area (Å²) in [6, 6.07) is 8.79. The molecule has 0 fully saturated rings. The monoisotopic (exact) mass is 301 g/mol. The highest BCUT2D eigenvalue weighted by atomic mass is 32.2. The highest BCUT2D eigenvalue weighted by molar-refractivity contribution is 7.91. The van der Waals surface area contributed by atoms with Crippen LogP contribution in [0.3, 0.4) is 0 Å². The molecule has 2 N–H and O–H groups in total. The lowest BCUT2D eigenvalue weighted by atomic mass is 10.1. The maximum absolute atomic E-state index is 13.4. The number of benzene rings is 1.